The highest BCUT2D eigenvalue weighted by molar-refractivity contribution is 5.92. The SMILES string of the molecule is C1=CCCC(N(c2ccccc2)c2ccc(C3=CCCC4=C3C3=C(CC(c5ccccc5)C=C3)C4(c3ccccc3)c3ccccc3)cc2)=C1. The van der Waals surface area contributed by atoms with Crippen molar-refractivity contribution in [2.75, 3.05) is 4.90 Å². The fourth-order valence-corrected chi connectivity index (χ4v) is 8.97. The van der Waals surface area contributed by atoms with E-state index in [1.165, 1.54) is 61.6 Å². The van der Waals surface area contributed by atoms with E-state index in [1.807, 2.05) is 0 Å². The molecule has 0 aromatic heterocycles. The van der Waals surface area contributed by atoms with Crippen molar-refractivity contribution in [2.45, 2.75) is 43.4 Å². The largest absolute Gasteiger partial charge is 0.314 e. The van der Waals surface area contributed by atoms with E-state index in [9.17, 15) is 0 Å². The Morgan fingerprint density at radius 1 is 0.580 bits per heavy atom. The first kappa shape index (κ1) is 30.4. The quantitative estimate of drug-likeness (QED) is 0.171. The summed E-state index contributed by atoms with van der Waals surface area (Å²) in [7, 11) is 0. The van der Waals surface area contributed by atoms with Crippen LogP contribution in [0.1, 0.15) is 60.3 Å². The number of fused-ring (bicyclic) bond motifs is 1. The molecule has 0 bridgehead atoms. The van der Waals surface area contributed by atoms with Gasteiger partial charge in [0.25, 0.3) is 0 Å². The Hall–Kier alpha value is -5.66. The number of hydrogen-bond acceptors (Lipinski definition) is 1. The minimum Gasteiger partial charge on any atom is -0.314 e. The summed E-state index contributed by atoms with van der Waals surface area (Å²) in [5.74, 6) is 0.336. The summed E-state index contributed by atoms with van der Waals surface area (Å²) in [6.45, 7) is 0. The molecule has 0 radical (unpaired) electrons. The summed E-state index contributed by atoms with van der Waals surface area (Å²) in [4.78, 5) is 2.42. The van der Waals surface area contributed by atoms with Crippen LogP contribution < -0.4 is 4.90 Å². The summed E-state index contributed by atoms with van der Waals surface area (Å²) in [6, 6.07) is 53.9. The van der Waals surface area contributed by atoms with Crippen molar-refractivity contribution >= 4 is 16.9 Å². The van der Waals surface area contributed by atoms with Crippen molar-refractivity contribution in [3.63, 3.8) is 0 Å². The number of anilines is 2. The Bertz CT molecular complexity index is 2160. The molecule has 0 heterocycles. The molecule has 0 saturated heterocycles. The van der Waals surface area contributed by atoms with Crippen molar-refractivity contribution in [1.82, 2.24) is 0 Å². The van der Waals surface area contributed by atoms with E-state index in [2.05, 4.69) is 187 Å². The monoisotopic (exact) mass is 643 g/mol. The molecule has 50 heavy (non-hydrogen) atoms. The Morgan fingerprint density at radius 3 is 1.84 bits per heavy atom. The molecule has 1 unspecified atom stereocenters. The predicted octanol–water partition coefficient (Wildman–Crippen LogP) is 12.6. The maximum atomic E-state index is 2.51. The molecular weight excluding hydrogens is 603 g/mol. The van der Waals surface area contributed by atoms with Gasteiger partial charge < -0.3 is 4.90 Å². The van der Waals surface area contributed by atoms with E-state index >= 15 is 0 Å². The van der Waals surface area contributed by atoms with Gasteiger partial charge in [-0.25, -0.2) is 0 Å². The van der Waals surface area contributed by atoms with Gasteiger partial charge in [-0.15, -0.1) is 0 Å². The van der Waals surface area contributed by atoms with E-state index in [1.54, 1.807) is 5.57 Å². The lowest BCUT2D eigenvalue weighted by Crippen LogP contribution is -2.32. The second kappa shape index (κ2) is 13.0. The first-order valence-electron chi connectivity index (χ1n) is 18.2. The molecule has 1 atom stereocenters. The Balaban J connectivity index is 1.19. The van der Waals surface area contributed by atoms with Gasteiger partial charge in [0.05, 0.1) is 5.41 Å². The van der Waals surface area contributed by atoms with Crippen molar-refractivity contribution in [3.05, 3.63) is 232 Å². The minimum absolute atomic E-state index is 0.310. The highest BCUT2D eigenvalue weighted by atomic mass is 15.1. The van der Waals surface area contributed by atoms with Crippen LogP contribution in [0.15, 0.2) is 210 Å². The van der Waals surface area contributed by atoms with Crippen molar-refractivity contribution in [3.8, 4) is 0 Å². The molecule has 0 N–H and O–H groups in total. The zero-order chi connectivity index (χ0) is 33.3. The molecule has 4 aliphatic carbocycles. The number of para-hydroxylation sites is 1. The van der Waals surface area contributed by atoms with Gasteiger partial charge in [0.15, 0.2) is 0 Å². The number of rotatable bonds is 7. The number of hydrogen-bond donors (Lipinski definition) is 0. The van der Waals surface area contributed by atoms with E-state index < -0.39 is 0 Å². The second-order valence-electron chi connectivity index (χ2n) is 13.8. The fraction of sp³-hybridized carbons (Fsp3) is 0.143. The summed E-state index contributed by atoms with van der Waals surface area (Å²) in [6.07, 6.45) is 19.3. The molecule has 0 fully saturated rings. The van der Waals surface area contributed by atoms with Gasteiger partial charge in [-0.05, 0) is 113 Å². The third kappa shape index (κ3) is 5.08. The van der Waals surface area contributed by atoms with Gasteiger partial charge in [0.1, 0.15) is 0 Å². The molecule has 0 amide bonds. The number of nitrogens with zero attached hydrogens (tertiary/aromatic N) is 1. The lowest BCUT2D eigenvalue weighted by Gasteiger charge is -2.40. The molecule has 0 saturated carbocycles. The third-order valence-corrected chi connectivity index (χ3v) is 11.1. The molecule has 0 spiro atoms. The van der Waals surface area contributed by atoms with Gasteiger partial charge >= 0.3 is 0 Å². The third-order valence-electron chi connectivity index (χ3n) is 11.1. The smallest absolute Gasteiger partial charge is 0.0640 e. The van der Waals surface area contributed by atoms with Crippen LogP contribution in [0.3, 0.4) is 0 Å². The first-order valence-corrected chi connectivity index (χ1v) is 18.2. The van der Waals surface area contributed by atoms with Crippen LogP contribution in [0.4, 0.5) is 11.4 Å². The van der Waals surface area contributed by atoms with Crippen molar-refractivity contribution in [2.24, 2.45) is 0 Å². The van der Waals surface area contributed by atoms with Crippen molar-refractivity contribution in [1.29, 1.82) is 0 Å². The normalized spacial score (nSPS) is 19.1. The minimum atomic E-state index is -0.310. The molecule has 1 nitrogen and oxygen atoms in total. The van der Waals surface area contributed by atoms with Crippen LogP contribution >= 0.6 is 0 Å². The summed E-state index contributed by atoms with van der Waals surface area (Å²) >= 11 is 0. The van der Waals surface area contributed by atoms with Crippen LogP contribution in [-0.4, -0.2) is 0 Å². The standard InChI is InChI=1S/C49H41N/c1-6-17-36(18-7-1)38-31-34-45-47(35-38)49(39-19-8-2-9-20-39,40-21-10-3-11-22-40)46-28-16-27-44(48(45)46)37-29-32-43(33-30-37)50(41-23-12-4-13-24-41)42-25-14-5-15-26-42/h1-14,17-25,27,29-34,38H,15-16,26,28,35H2. The Kier molecular flexibility index (Phi) is 7.90. The molecule has 9 rings (SSSR count). The lowest BCUT2D eigenvalue weighted by molar-refractivity contribution is 0.623. The molecular formula is C49H41N. The van der Waals surface area contributed by atoms with Crippen molar-refractivity contribution < 1.29 is 0 Å². The first-order chi connectivity index (χ1) is 24.8. The van der Waals surface area contributed by atoms with E-state index in [-0.39, 0.29) is 5.41 Å². The molecule has 0 aliphatic heterocycles. The molecule has 4 aliphatic rings. The number of allylic oxidation sites excluding steroid dienone is 12. The van der Waals surface area contributed by atoms with Gasteiger partial charge in [0, 0.05) is 23.0 Å². The summed E-state index contributed by atoms with van der Waals surface area (Å²) in [5, 5.41) is 0. The number of benzene rings is 5. The lowest BCUT2D eigenvalue weighted by atomic mass is 9.62. The molecule has 242 valence electrons. The molecule has 1 heteroatoms. The average molecular weight is 644 g/mol. The Labute approximate surface area is 296 Å². The second-order valence-corrected chi connectivity index (χ2v) is 13.8. The summed E-state index contributed by atoms with van der Waals surface area (Å²) in [5.41, 5.74) is 16.1. The predicted molar refractivity (Wildman–Crippen MR) is 209 cm³/mol. The van der Waals surface area contributed by atoms with Gasteiger partial charge in [-0.1, -0.05) is 152 Å². The topological polar surface area (TPSA) is 3.24 Å². The highest BCUT2D eigenvalue weighted by Gasteiger charge is 2.50. The van der Waals surface area contributed by atoms with Crippen LogP contribution in [0.5, 0.6) is 0 Å². The fourth-order valence-electron chi connectivity index (χ4n) is 8.97. The van der Waals surface area contributed by atoms with Gasteiger partial charge in [-0.2, -0.15) is 0 Å². The van der Waals surface area contributed by atoms with E-state index in [4.69, 9.17) is 0 Å². The van der Waals surface area contributed by atoms with Crippen LogP contribution in [0.2, 0.25) is 0 Å². The van der Waals surface area contributed by atoms with E-state index in [0.29, 0.717) is 5.92 Å². The molecule has 5 aromatic carbocycles. The zero-order valence-corrected chi connectivity index (χ0v) is 28.4. The van der Waals surface area contributed by atoms with Gasteiger partial charge in [-0.3, -0.25) is 0 Å². The summed E-state index contributed by atoms with van der Waals surface area (Å²) < 4.78 is 0. The molecule has 5 aromatic rings. The van der Waals surface area contributed by atoms with E-state index in [0.717, 1.165) is 32.1 Å². The van der Waals surface area contributed by atoms with Crippen LogP contribution in [0, 0.1) is 0 Å². The van der Waals surface area contributed by atoms with Gasteiger partial charge in [0.2, 0.25) is 0 Å². The Morgan fingerprint density at radius 2 is 1.20 bits per heavy atom. The maximum Gasteiger partial charge on any atom is 0.0640 e. The highest BCUT2D eigenvalue weighted by Crippen LogP contribution is 2.62. The van der Waals surface area contributed by atoms with Crippen LogP contribution in [-0.2, 0) is 5.41 Å². The maximum absolute atomic E-state index is 2.51. The zero-order valence-electron chi connectivity index (χ0n) is 28.4. The van der Waals surface area contributed by atoms with Crippen LogP contribution in [0.25, 0.3) is 5.57 Å². The average Bonchev–Trinajstić information content (AvgIpc) is 3.51.